The normalized spacial score (nSPS) is 23.1. The molecule has 3 heterocycles. The van der Waals surface area contributed by atoms with E-state index in [4.69, 9.17) is 16.2 Å². The molecule has 1 aliphatic heterocycles. The van der Waals surface area contributed by atoms with E-state index in [0.29, 0.717) is 17.7 Å². The number of primary amides is 1. The quantitative estimate of drug-likeness (QED) is 0.659. The van der Waals surface area contributed by atoms with Gasteiger partial charge >= 0.3 is 5.97 Å². The molecule has 0 bridgehead atoms. The van der Waals surface area contributed by atoms with Crippen LogP contribution in [0.1, 0.15) is 67.0 Å². The van der Waals surface area contributed by atoms with Gasteiger partial charge < -0.3 is 21.5 Å². The van der Waals surface area contributed by atoms with E-state index in [9.17, 15) is 9.59 Å². The van der Waals surface area contributed by atoms with Gasteiger partial charge in [0.2, 0.25) is 0 Å². The molecule has 5 N–H and O–H groups in total. The first-order valence-corrected chi connectivity index (χ1v) is 9.89. The summed E-state index contributed by atoms with van der Waals surface area (Å²) in [5, 5.41) is 7.72. The number of aromatic nitrogens is 3. The second-order valence-electron chi connectivity index (χ2n) is 7.71. The molecule has 1 saturated carbocycles. The maximum absolute atomic E-state index is 12.3. The third kappa shape index (κ3) is 3.54. The number of anilines is 1. The van der Waals surface area contributed by atoms with Crippen LogP contribution in [0.4, 0.5) is 5.82 Å². The van der Waals surface area contributed by atoms with Gasteiger partial charge in [-0.1, -0.05) is 19.3 Å². The number of fused-ring (bicyclic) bond motifs is 1. The largest absolute Gasteiger partial charge is 0.464 e. The van der Waals surface area contributed by atoms with Crippen LogP contribution in [-0.4, -0.2) is 39.1 Å². The molecule has 4 rings (SSSR count). The molecule has 28 heavy (non-hydrogen) atoms. The fourth-order valence-corrected chi connectivity index (χ4v) is 4.35. The zero-order valence-electron chi connectivity index (χ0n) is 15.8. The summed E-state index contributed by atoms with van der Waals surface area (Å²) in [6, 6.07) is 1.75. The van der Waals surface area contributed by atoms with Crippen molar-refractivity contribution in [2.75, 3.05) is 12.3 Å². The summed E-state index contributed by atoms with van der Waals surface area (Å²) >= 11 is 0. The number of ether oxygens (including phenoxy) is 1. The third-order valence-corrected chi connectivity index (χ3v) is 5.84. The Morgan fingerprint density at radius 2 is 2.00 bits per heavy atom. The van der Waals surface area contributed by atoms with Crippen LogP contribution in [0.5, 0.6) is 0 Å². The number of nitrogens with two attached hydrogens (primary N) is 2. The molecular weight excluding hydrogens is 360 g/mol. The maximum Gasteiger partial charge on any atom is 0.308 e. The minimum absolute atomic E-state index is 0.0340. The van der Waals surface area contributed by atoms with E-state index in [-0.39, 0.29) is 29.8 Å². The topological polar surface area (TPSA) is 138 Å². The number of hydrogen-bond donors (Lipinski definition) is 3. The third-order valence-electron chi connectivity index (χ3n) is 5.84. The predicted molar refractivity (Wildman–Crippen MR) is 102 cm³/mol. The second kappa shape index (κ2) is 7.75. The fourth-order valence-electron chi connectivity index (χ4n) is 4.35. The molecule has 2 atom stereocenters. The highest BCUT2D eigenvalue weighted by molar-refractivity contribution is 6.02. The molecular formula is C19H26N6O3. The number of amides is 1. The first kappa shape index (κ1) is 18.7. The van der Waals surface area contributed by atoms with E-state index in [2.05, 4.69) is 15.4 Å². The summed E-state index contributed by atoms with van der Waals surface area (Å²) in [6.45, 7) is 0.356. The smallest absolute Gasteiger partial charge is 0.308 e. The lowest BCUT2D eigenvalue weighted by Gasteiger charge is -2.21. The molecule has 0 radical (unpaired) electrons. The average Bonchev–Trinajstić information content (AvgIpc) is 3.32. The van der Waals surface area contributed by atoms with Gasteiger partial charge in [0.25, 0.3) is 5.91 Å². The number of hydrogen-bond acceptors (Lipinski definition) is 7. The predicted octanol–water partition coefficient (Wildman–Crippen LogP) is 1.33. The van der Waals surface area contributed by atoms with E-state index in [1.165, 1.54) is 12.7 Å². The SMILES string of the molecule is NC(=O)c1cc([C@H]2CC[C@@H](COC(=O)C3CCCCC3)N2)n2ncnc(N)c12. The minimum Gasteiger partial charge on any atom is -0.464 e. The Balaban J connectivity index is 1.44. The van der Waals surface area contributed by atoms with Crippen LogP contribution in [0.2, 0.25) is 0 Å². The highest BCUT2D eigenvalue weighted by atomic mass is 16.5. The summed E-state index contributed by atoms with van der Waals surface area (Å²) in [5.41, 5.74) is 13.0. The van der Waals surface area contributed by atoms with Gasteiger partial charge in [-0.2, -0.15) is 5.10 Å². The first-order valence-electron chi connectivity index (χ1n) is 9.89. The van der Waals surface area contributed by atoms with Crippen molar-refractivity contribution in [3.05, 3.63) is 23.7 Å². The molecule has 9 nitrogen and oxygen atoms in total. The number of esters is 1. The van der Waals surface area contributed by atoms with Crippen LogP contribution in [0.15, 0.2) is 12.4 Å². The Bertz CT molecular complexity index is 889. The van der Waals surface area contributed by atoms with Gasteiger partial charge in [0.15, 0.2) is 5.82 Å². The fraction of sp³-hybridized carbons (Fsp3) is 0.579. The minimum atomic E-state index is -0.568. The Hall–Kier alpha value is -2.68. The van der Waals surface area contributed by atoms with Crippen LogP contribution in [-0.2, 0) is 9.53 Å². The molecule has 1 aliphatic carbocycles. The Kier molecular flexibility index (Phi) is 5.17. The van der Waals surface area contributed by atoms with E-state index < -0.39 is 5.91 Å². The molecule has 2 aromatic rings. The molecule has 0 spiro atoms. The monoisotopic (exact) mass is 386 g/mol. The number of nitrogen functional groups attached to an aromatic ring is 1. The van der Waals surface area contributed by atoms with Gasteiger partial charge in [0.1, 0.15) is 18.5 Å². The van der Waals surface area contributed by atoms with Crippen molar-refractivity contribution in [2.45, 2.75) is 57.0 Å². The lowest BCUT2D eigenvalue weighted by atomic mass is 9.89. The summed E-state index contributed by atoms with van der Waals surface area (Å²) in [4.78, 5) is 28.0. The first-order chi connectivity index (χ1) is 13.5. The number of carbonyl (C=O) groups excluding carboxylic acids is 2. The van der Waals surface area contributed by atoms with Crippen molar-refractivity contribution in [1.29, 1.82) is 0 Å². The number of carbonyl (C=O) groups is 2. The molecule has 1 amide bonds. The summed E-state index contributed by atoms with van der Waals surface area (Å²) < 4.78 is 7.19. The summed E-state index contributed by atoms with van der Waals surface area (Å²) in [6.07, 6.45) is 8.36. The molecule has 9 heteroatoms. The van der Waals surface area contributed by atoms with Crippen LogP contribution >= 0.6 is 0 Å². The van der Waals surface area contributed by atoms with Crippen molar-refractivity contribution in [3.63, 3.8) is 0 Å². The second-order valence-corrected chi connectivity index (χ2v) is 7.71. The van der Waals surface area contributed by atoms with Crippen LogP contribution in [0.25, 0.3) is 5.52 Å². The molecule has 0 aromatic carbocycles. The number of rotatable bonds is 5. The van der Waals surface area contributed by atoms with Crippen molar-refractivity contribution in [2.24, 2.45) is 11.7 Å². The average molecular weight is 386 g/mol. The highest BCUT2D eigenvalue weighted by Crippen LogP contribution is 2.31. The Morgan fingerprint density at radius 1 is 1.21 bits per heavy atom. The van der Waals surface area contributed by atoms with Gasteiger partial charge in [0, 0.05) is 12.1 Å². The van der Waals surface area contributed by atoms with Crippen molar-refractivity contribution in [1.82, 2.24) is 19.9 Å². The highest BCUT2D eigenvalue weighted by Gasteiger charge is 2.31. The summed E-state index contributed by atoms with van der Waals surface area (Å²) in [7, 11) is 0. The zero-order chi connectivity index (χ0) is 19.7. The number of nitrogens with one attached hydrogen (secondary N) is 1. The van der Waals surface area contributed by atoms with Gasteiger partial charge in [-0.05, 0) is 31.7 Å². The maximum atomic E-state index is 12.3. The van der Waals surface area contributed by atoms with Crippen LogP contribution in [0.3, 0.4) is 0 Å². The van der Waals surface area contributed by atoms with Crippen LogP contribution < -0.4 is 16.8 Å². The van der Waals surface area contributed by atoms with E-state index >= 15 is 0 Å². The Morgan fingerprint density at radius 3 is 2.75 bits per heavy atom. The molecule has 2 fully saturated rings. The lowest BCUT2D eigenvalue weighted by molar-refractivity contribution is -0.150. The van der Waals surface area contributed by atoms with E-state index in [0.717, 1.165) is 44.2 Å². The molecule has 1 saturated heterocycles. The van der Waals surface area contributed by atoms with Crippen molar-refractivity contribution >= 4 is 23.2 Å². The van der Waals surface area contributed by atoms with Gasteiger partial charge in [-0.15, -0.1) is 0 Å². The van der Waals surface area contributed by atoms with Crippen molar-refractivity contribution < 1.29 is 14.3 Å². The number of nitrogens with zero attached hydrogens (tertiary/aromatic N) is 3. The van der Waals surface area contributed by atoms with Crippen LogP contribution in [0, 0.1) is 5.92 Å². The molecule has 2 aromatic heterocycles. The van der Waals surface area contributed by atoms with Gasteiger partial charge in [-0.3, -0.25) is 9.59 Å². The Labute approximate surface area is 162 Å². The van der Waals surface area contributed by atoms with Crippen molar-refractivity contribution in [3.8, 4) is 0 Å². The van der Waals surface area contributed by atoms with Gasteiger partial charge in [-0.25, -0.2) is 9.50 Å². The van der Waals surface area contributed by atoms with E-state index in [1.54, 1.807) is 10.6 Å². The standard InChI is InChI=1S/C19H26N6O3/c20-17-16-13(18(21)26)8-15(25(16)23-10-22-17)14-7-6-12(24-14)9-28-19(27)11-4-2-1-3-5-11/h8,10-12,14,24H,1-7,9H2,(H2,21,26)(H2,20,22,23)/t12-,14+/m0/s1. The van der Waals surface area contributed by atoms with E-state index in [1.807, 2.05) is 0 Å². The zero-order valence-corrected chi connectivity index (χ0v) is 15.8. The molecule has 150 valence electrons. The van der Waals surface area contributed by atoms with Gasteiger partial charge in [0.05, 0.1) is 17.2 Å². The lowest BCUT2D eigenvalue weighted by Crippen LogP contribution is -2.32. The summed E-state index contributed by atoms with van der Waals surface area (Å²) in [5.74, 6) is -0.375. The molecule has 2 aliphatic rings. The molecule has 0 unspecified atom stereocenters.